The molecule has 0 bridgehead atoms. The molecule has 0 saturated heterocycles. The van der Waals surface area contributed by atoms with Gasteiger partial charge in [0.25, 0.3) is 0 Å². The van der Waals surface area contributed by atoms with Crippen LogP contribution in [0.3, 0.4) is 0 Å². The molecule has 0 spiro atoms. The monoisotopic (exact) mass is 196 g/mol. The van der Waals surface area contributed by atoms with Crippen molar-refractivity contribution in [2.45, 2.75) is 26.2 Å². The first-order valence-corrected chi connectivity index (χ1v) is 4.68. The standard InChI is InChI=1S/C11H13FO2/c1-2-3-7-11(13)14-10-6-4-5-9(12)8-10/h4-6,8H,2-3,7H2,1H3. The Kier molecular flexibility index (Phi) is 4.11. The number of carbonyl (C=O) groups excluding carboxylic acids is 1. The lowest BCUT2D eigenvalue weighted by Crippen LogP contribution is -2.07. The second-order valence-electron chi connectivity index (χ2n) is 3.03. The van der Waals surface area contributed by atoms with E-state index < -0.39 is 5.82 Å². The van der Waals surface area contributed by atoms with Crippen LogP contribution in [0.5, 0.6) is 5.75 Å². The molecule has 76 valence electrons. The van der Waals surface area contributed by atoms with Gasteiger partial charge in [0.15, 0.2) is 0 Å². The zero-order chi connectivity index (χ0) is 10.4. The van der Waals surface area contributed by atoms with E-state index in [-0.39, 0.29) is 11.7 Å². The molecular formula is C11H13FO2. The van der Waals surface area contributed by atoms with Gasteiger partial charge in [-0.3, -0.25) is 4.79 Å². The molecule has 14 heavy (non-hydrogen) atoms. The number of carbonyl (C=O) groups is 1. The Morgan fingerprint density at radius 2 is 2.29 bits per heavy atom. The van der Waals surface area contributed by atoms with Gasteiger partial charge in [0, 0.05) is 12.5 Å². The molecule has 0 amide bonds. The third-order valence-electron chi connectivity index (χ3n) is 1.76. The summed E-state index contributed by atoms with van der Waals surface area (Å²) in [6, 6.07) is 5.58. The predicted octanol–water partition coefficient (Wildman–Crippen LogP) is 2.92. The Morgan fingerprint density at radius 3 is 2.93 bits per heavy atom. The topological polar surface area (TPSA) is 26.3 Å². The number of ether oxygens (including phenoxy) is 1. The highest BCUT2D eigenvalue weighted by Crippen LogP contribution is 2.13. The lowest BCUT2D eigenvalue weighted by atomic mass is 10.2. The number of hydrogen-bond donors (Lipinski definition) is 0. The summed E-state index contributed by atoms with van der Waals surface area (Å²) in [4.78, 5) is 11.1. The molecule has 1 aromatic carbocycles. The van der Waals surface area contributed by atoms with E-state index in [1.807, 2.05) is 6.92 Å². The molecule has 0 unspecified atom stereocenters. The first-order valence-electron chi connectivity index (χ1n) is 4.68. The molecule has 1 rings (SSSR count). The minimum Gasteiger partial charge on any atom is -0.426 e. The van der Waals surface area contributed by atoms with Crippen LogP contribution >= 0.6 is 0 Å². The molecule has 1 aromatic rings. The van der Waals surface area contributed by atoms with Crippen molar-refractivity contribution in [1.82, 2.24) is 0 Å². The van der Waals surface area contributed by atoms with Crippen molar-refractivity contribution in [3.05, 3.63) is 30.1 Å². The molecule has 0 saturated carbocycles. The van der Waals surface area contributed by atoms with Gasteiger partial charge in [0.2, 0.25) is 0 Å². The molecule has 3 heteroatoms. The van der Waals surface area contributed by atoms with Crippen molar-refractivity contribution in [2.24, 2.45) is 0 Å². The Hall–Kier alpha value is -1.38. The van der Waals surface area contributed by atoms with Crippen LogP contribution < -0.4 is 4.74 Å². The maximum absolute atomic E-state index is 12.7. The smallest absolute Gasteiger partial charge is 0.311 e. The Balaban J connectivity index is 2.47. The van der Waals surface area contributed by atoms with Crippen LogP contribution in [0, 0.1) is 5.82 Å². The van der Waals surface area contributed by atoms with Gasteiger partial charge in [-0.15, -0.1) is 0 Å². The van der Waals surface area contributed by atoms with E-state index in [4.69, 9.17) is 4.74 Å². The fraction of sp³-hybridized carbons (Fsp3) is 0.364. The van der Waals surface area contributed by atoms with Crippen molar-refractivity contribution in [3.8, 4) is 5.75 Å². The number of esters is 1. The van der Waals surface area contributed by atoms with E-state index >= 15 is 0 Å². The molecule has 0 aliphatic carbocycles. The highest BCUT2D eigenvalue weighted by molar-refractivity contribution is 5.72. The molecule has 2 nitrogen and oxygen atoms in total. The zero-order valence-electron chi connectivity index (χ0n) is 8.13. The number of unbranched alkanes of at least 4 members (excludes halogenated alkanes) is 1. The third kappa shape index (κ3) is 3.56. The van der Waals surface area contributed by atoms with Crippen LogP contribution in [-0.2, 0) is 4.79 Å². The van der Waals surface area contributed by atoms with Crippen molar-refractivity contribution < 1.29 is 13.9 Å². The summed E-state index contributed by atoms with van der Waals surface area (Å²) in [5.41, 5.74) is 0. The average Bonchev–Trinajstić information content (AvgIpc) is 2.15. The van der Waals surface area contributed by atoms with Crippen LogP contribution in [-0.4, -0.2) is 5.97 Å². The molecule has 0 aromatic heterocycles. The largest absolute Gasteiger partial charge is 0.426 e. The molecule has 0 atom stereocenters. The molecular weight excluding hydrogens is 183 g/mol. The van der Waals surface area contributed by atoms with Gasteiger partial charge >= 0.3 is 5.97 Å². The second-order valence-corrected chi connectivity index (χ2v) is 3.03. The number of rotatable bonds is 4. The van der Waals surface area contributed by atoms with E-state index in [0.29, 0.717) is 6.42 Å². The van der Waals surface area contributed by atoms with Crippen LogP contribution in [0.2, 0.25) is 0 Å². The average molecular weight is 196 g/mol. The first-order chi connectivity index (χ1) is 6.72. The van der Waals surface area contributed by atoms with Gasteiger partial charge in [0.1, 0.15) is 11.6 Å². The summed E-state index contributed by atoms with van der Waals surface area (Å²) in [5.74, 6) is -0.436. The van der Waals surface area contributed by atoms with E-state index in [9.17, 15) is 9.18 Å². The van der Waals surface area contributed by atoms with Gasteiger partial charge in [0.05, 0.1) is 0 Å². The quantitative estimate of drug-likeness (QED) is 0.546. The molecule has 0 aliphatic rings. The highest BCUT2D eigenvalue weighted by atomic mass is 19.1. The maximum Gasteiger partial charge on any atom is 0.311 e. The van der Waals surface area contributed by atoms with Gasteiger partial charge in [-0.25, -0.2) is 4.39 Å². The molecule has 0 heterocycles. The van der Waals surface area contributed by atoms with Gasteiger partial charge in [-0.1, -0.05) is 19.4 Å². The molecule has 0 fully saturated rings. The van der Waals surface area contributed by atoms with E-state index in [1.54, 1.807) is 6.07 Å². The molecule has 0 aliphatic heterocycles. The maximum atomic E-state index is 12.7. The van der Waals surface area contributed by atoms with Crippen molar-refractivity contribution >= 4 is 5.97 Å². The van der Waals surface area contributed by atoms with Crippen LogP contribution in [0.15, 0.2) is 24.3 Å². The highest BCUT2D eigenvalue weighted by Gasteiger charge is 2.04. The fourth-order valence-electron chi connectivity index (χ4n) is 1.03. The summed E-state index contributed by atoms with van der Waals surface area (Å²) >= 11 is 0. The third-order valence-corrected chi connectivity index (χ3v) is 1.76. The minimum absolute atomic E-state index is 0.270. The minimum atomic E-state index is -0.397. The Labute approximate surface area is 82.7 Å². The zero-order valence-corrected chi connectivity index (χ0v) is 8.13. The van der Waals surface area contributed by atoms with Crippen LogP contribution in [0.25, 0.3) is 0 Å². The van der Waals surface area contributed by atoms with E-state index in [0.717, 1.165) is 12.8 Å². The summed E-state index contributed by atoms with van der Waals surface area (Å²) in [5, 5.41) is 0. The predicted molar refractivity (Wildman–Crippen MR) is 51.6 cm³/mol. The van der Waals surface area contributed by atoms with E-state index in [1.165, 1.54) is 18.2 Å². The van der Waals surface area contributed by atoms with Crippen LogP contribution in [0.1, 0.15) is 26.2 Å². The number of hydrogen-bond acceptors (Lipinski definition) is 2. The normalized spacial score (nSPS) is 9.86. The van der Waals surface area contributed by atoms with Crippen molar-refractivity contribution in [1.29, 1.82) is 0 Å². The van der Waals surface area contributed by atoms with Gasteiger partial charge in [-0.05, 0) is 18.6 Å². The lowest BCUT2D eigenvalue weighted by molar-refractivity contribution is -0.134. The molecule has 0 radical (unpaired) electrons. The summed E-state index contributed by atoms with van der Waals surface area (Å²) < 4.78 is 17.6. The Bertz CT molecular complexity index is 310. The fourth-order valence-corrected chi connectivity index (χ4v) is 1.03. The number of halogens is 1. The number of benzene rings is 1. The second kappa shape index (κ2) is 5.37. The van der Waals surface area contributed by atoms with Gasteiger partial charge < -0.3 is 4.74 Å². The van der Waals surface area contributed by atoms with Crippen molar-refractivity contribution in [3.63, 3.8) is 0 Å². The van der Waals surface area contributed by atoms with Crippen molar-refractivity contribution in [2.75, 3.05) is 0 Å². The molecule has 0 N–H and O–H groups in total. The first kappa shape index (κ1) is 10.7. The summed E-state index contributed by atoms with van der Waals surface area (Å²) in [7, 11) is 0. The Morgan fingerprint density at radius 1 is 1.50 bits per heavy atom. The summed E-state index contributed by atoms with van der Waals surface area (Å²) in [6.07, 6.45) is 2.12. The van der Waals surface area contributed by atoms with E-state index in [2.05, 4.69) is 0 Å². The van der Waals surface area contributed by atoms with Crippen LogP contribution in [0.4, 0.5) is 4.39 Å². The van der Waals surface area contributed by atoms with Gasteiger partial charge in [-0.2, -0.15) is 0 Å². The lowest BCUT2D eigenvalue weighted by Gasteiger charge is -2.02. The SMILES string of the molecule is CCCCC(=O)Oc1cccc(F)c1. The summed E-state index contributed by atoms with van der Waals surface area (Å²) in [6.45, 7) is 2.00.